The van der Waals surface area contributed by atoms with Crippen LogP contribution in [0.15, 0.2) is 30.5 Å². The lowest BCUT2D eigenvalue weighted by atomic mass is 9.86. The number of fused-ring (bicyclic) bond motifs is 1. The van der Waals surface area contributed by atoms with Crippen LogP contribution in [-0.4, -0.2) is 22.0 Å². The van der Waals surface area contributed by atoms with E-state index in [1.807, 2.05) is 30.5 Å². The molecule has 3 rings (SSSR count). The summed E-state index contributed by atoms with van der Waals surface area (Å²) < 4.78 is 0. The normalized spacial score (nSPS) is 20.5. The van der Waals surface area contributed by atoms with Gasteiger partial charge in [-0.25, -0.2) is 0 Å². The van der Waals surface area contributed by atoms with Gasteiger partial charge < -0.3 is 10.3 Å². The van der Waals surface area contributed by atoms with Gasteiger partial charge in [0, 0.05) is 23.1 Å². The van der Waals surface area contributed by atoms with Crippen molar-refractivity contribution in [3.8, 4) is 0 Å². The predicted molar refractivity (Wildman–Crippen MR) is 100 cm³/mol. The fourth-order valence-electron chi connectivity index (χ4n) is 3.36. The van der Waals surface area contributed by atoms with Crippen molar-refractivity contribution in [1.82, 2.24) is 21.2 Å². The second-order valence-corrected chi connectivity index (χ2v) is 6.96. The Bertz CT molecular complexity index is 727. The molecule has 1 aromatic carbocycles. The lowest BCUT2D eigenvalue weighted by Crippen LogP contribution is -2.51. The summed E-state index contributed by atoms with van der Waals surface area (Å²) in [6, 6.07) is 8.35. The molecular weight excluding hydrogens is 320 g/mol. The van der Waals surface area contributed by atoms with Crippen LogP contribution in [0.4, 0.5) is 0 Å². The van der Waals surface area contributed by atoms with Crippen molar-refractivity contribution in [1.29, 1.82) is 0 Å². The van der Waals surface area contributed by atoms with Crippen molar-refractivity contribution in [2.45, 2.75) is 45.1 Å². The number of aromatic nitrogens is 1. The van der Waals surface area contributed by atoms with Gasteiger partial charge in [0.25, 0.3) is 0 Å². The van der Waals surface area contributed by atoms with E-state index in [0.717, 1.165) is 22.9 Å². The summed E-state index contributed by atoms with van der Waals surface area (Å²) in [7, 11) is 0. The average molecular weight is 344 g/mol. The lowest BCUT2D eigenvalue weighted by Gasteiger charge is -2.30. The van der Waals surface area contributed by atoms with Gasteiger partial charge in [-0.05, 0) is 42.6 Å². The molecule has 1 fully saturated rings. The highest BCUT2D eigenvalue weighted by molar-refractivity contribution is 7.80. The molecule has 4 N–H and O–H groups in total. The van der Waals surface area contributed by atoms with Crippen LogP contribution < -0.4 is 16.2 Å². The van der Waals surface area contributed by atoms with Crippen LogP contribution in [-0.2, 0) is 11.2 Å². The Morgan fingerprint density at radius 1 is 1.25 bits per heavy atom. The van der Waals surface area contributed by atoms with Crippen molar-refractivity contribution >= 4 is 34.1 Å². The van der Waals surface area contributed by atoms with E-state index in [-0.39, 0.29) is 5.91 Å². The molecule has 5 nitrogen and oxygen atoms in total. The van der Waals surface area contributed by atoms with Crippen LogP contribution in [0.3, 0.4) is 0 Å². The highest BCUT2D eigenvalue weighted by Gasteiger charge is 2.21. The minimum Gasteiger partial charge on any atom is -0.361 e. The standard InChI is InChI=1S/C18H24N4OS/c1-12-6-2-4-8-15(12)20-18(24)22-21-17(23)10-13-11-19-16-9-5-3-7-14(13)16/h3,5,7,9,11-12,15,19H,2,4,6,8,10H2,1H3,(H,21,23)(H2,20,22,24)/t12-,15+/m1/s1. The summed E-state index contributed by atoms with van der Waals surface area (Å²) in [4.78, 5) is 15.3. The van der Waals surface area contributed by atoms with Gasteiger partial charge in [-0.2, -0.15) is 0 Å². The largest absolute Gasteiger partial charge is 0.361 e. The number of H-pyrrole nitrogens is 1. The lowest BCUT2D eigenvalue weighted by molar-refractivity contribution is -0.121. The quantitative estimate of drug-likeness (QED) is 0.510. The Balaban J connectivity index is 1.47. The van der Waals surface area contributed by atoms with Gasteiger partial charge in [0.1, 0.15) is 0 Å². The highest BCUT2D eigenvalue weighted by Crippen LogP contribution is 2.23. The van der Waals surface area contributed by atoms with Crippen molar-refractivity contribution in [2.75, 3.05) is 0 Å². The maximum Gasteiger partial charge on any atom is 0.242 e. The molecule has 1 amide bonds. The number of nitrogens with one attached hydrogen (secondary N) is 4. The van der Waals surface area contributed by atoms with Crippen LogP contribution in [0.1, 0.15) is 38.2 Å². The summed E-state index contributed by atoms with van der Waals surface area (Å²) >= 11 is 5.29. The molecule has 1 aliphatic rings. The fraction of sp³-hybridized carbons (Fsp3) is 0.444. The molecule has 0 radical (unpaired) electrons. The molecule has 1 aliphatic carbocycles. The monoisotopic (exact) mass is 344 g/mol. The van der Waals surface area contributed by atoms with Crippen molar-refractivity contribution < 1.29 is 4.79 Å². The number of hydrogen-bond donors (Lipinski definition) is 4. The first kappa shape index (κ1) is 16.8. The van der Waals surface area contributed by atoms with E-state index >= 15 is 0 Å². The number of amides is 1. The zero-order chi connectivity index (χ0) is 16.9. The number of aromatic amines is 1. The van der Waals surface area contributed by atoms with E-state index in [0.29, 0.717) is 23.5 Å². The Morgan fingerprint density at radius 3 is 2.88 bits per heavy atom. The molecule has 128 valence electrons. The molecule has 0 aliphatic heterocycles. The van der Waals surface area contributed by atoms with E-state index in [1.165, 1.54) is 19.3 Å². The van der Waals surface area contributed by atoms with Crippen LogP contribution in [0, 0.1) is 5.92 Å². The number of hydrogen-bond acceptors (Lipinski definition) is 2. The molecule has 24 heavy (non-hydrogen) atoms. The third-order valence-electron chi connectivity index (χ3n) is 4.77. The second-order valence-electron chi connectivity index (χ2n) is 6.55. The van der Waals surface area contributed by atoms with Gasteiger partial charge in [0.15, 0.2) is 5.11 Å². The maximum atomic E-state index is 12.1. The number of hydrazine groups is 1. The van der Waals surface area contributed by atoms with Gasteiger partial charge in [0.2, 0.25) is 5.91 Å². The number of para-hydroxylation sites is 1. The molecule has 2 aromatic rings. The summed E-state index contributed by atoms with van der Waals surface area (Å²) in [5, 5.41) is 4.87. The van der Waals surface area contributed by atoms with Crippen molar-refractivity contribution in [3.05, 3.63) is 36.0 Å². The minimum atomic E-state index is -0.111. The summed E-state index contributed by atoms with van der Waals surface area (Å²) in [6.07, 6.45) is 7.07. The van der Waals surface area contributed by atoms with Crippen LogP contribution in [0.2, 0.25) is 0 Å². The third-order valence-corrected chi connectivity index (χ3v) is 4.99. The molecule has 0 saturated heterocycles. The Labute approximate surface area is 147 Å². The van der Waals surface area contributed by atoms with Crippen LogP contribution in [0.25, 0.3) is 10.9 Å². The first-order valence-corrected chi connectivity index (χ1v) is 8.94. The molecule has 0 unspecified atom stereocenters. The zero-order valence-electron chi connectivity index (χ0n) is 13.9. The summed E-state index contributed by atoms with van der Waals surface area (Å²) in [5.41, 5.74) is 7.52. The molecule has 1 aromatic heterocycles. The van der Waals surface area contributed by atoms with Gasteiger partial charge in [-0.3, -0.25) is 15.6 Å². The smallest absolute Gasteiger partial charge is 0.242 e. The van der Waals surface area contributed by atoms with E-state index in [4.69, 9.17) is 12.2 Å². The average Bonchev–Trinajstić information content (AvgIpc) is 2.98. The maximum absolute atomic E-state index is 12.1. The molecule has 0 spiro atoms. The molecule has 0 bridgehead atoms. The number of benzene rings is 1. The number of rotatable bonds is 3. The molecular formula is C18H24N4OS. The second kappa shape index (κ2) is 7.66. The topological polar surface area (TPSA) is 68.9 Å². The van der Waals surface area contributed by atoms with Crippen LogP contribution >= 0.6 is 12.2 Å². The number of carbonyl (C=O) groups is 1. The van der Waals surface area contributed by atoms with Gasteiger partial charge in [-0.15, -0.1) is 0 Å². The van der Waals surface area contributed by atoms with Crippen molar-refractivity contribution in [2.24, 2.45) is 5.92 Å². The third kappa shape index (κ3) is 4.06. The van der Waals surface area contributed by atoms with E-state index in [9.17, 15) is 4.79 Å². The molecule has 6 heteroatoms. The Hall–Kier alpha value is -2.08. The number of carbonyl (C=O) groups excluding carboxylic acids is 1. The van der Waals surface area contributed by atoms with Gasteiger partial charge in [-0.1, -0.05) is 38.0 Å². The van der Waals surface area contributed by atoms with Gasteiger partial charge >= 0.3 is 0 Å². The Morgan fingerprint density at radius 2 is 2.04 bits per heavy atom. The molecule has 1 saturated carbocycles. The highest BCUT2D eigenvalue weighted by atomic mass is 32.1. The molecule has 1 heterocycles. The predicted octanol–water partition coefficient (Wildman–Crippen LogP) is 2.78. The SMILES string of the molecule is C[C@@H]1CCCC[C@@H]1NC(=S)NNC(=O)Cc1c[nH]c2ccccc12. The van der Waals surface area contributed by atoms with E-state index in [1.54, 1.807) is 0 Å². The fourth-order valence-corrected chi connectivity index (χ4v) is 3.56. The summed E-state index contributed by atoms with van der Waals surface area (Å²) in [5.74, 6) is 0.501. The number of thiocarbonyl (C=S) groups is 1. The van der Waals surface area contributed by atoms with Crippen LogP contribution in [0.5, 0.6) is 0 Å². The first-order chi connectivity index (χ1) is 11.6. The zero-order valence-corrected chi connectivity index (χ0v) is 14.7. The van der Waals surface area contributed by atoms with E-state index in [2.05, 4.69) is 28.1 Å². The van der Waals surface area contributed by atoms with Crippen molar-refractivity contribution in [3.63, 3.8) is 0 Å². The van der Waals surface area contributed by atoms with E-state index < -0.39 is 0 Å². The summed E-state index contributed by atoms with van der Waals surface area (Å²) in [6.45, 7) is 2.25. The van der Waals surface area contributed by atoms with Gasteiger partial charge in [0.05, 0.1) is 6.42 Å². The first-order valence-electron chi connectivity index (χ1n) is 8.54. The molecule has 2 atom stereocenters. The minimum absolute atomic E-state index is 0.111. The Kier molecular flexibility index (Phi) is 5.35.